The maximum atomic E-state index is 12.4. The molecule has 1 fully saturated rings. The smallest absolute Gasteiger partial charge is 0.341 e. The number of hydrogen-bond donors (Lipinski definition) is 0. The summed E-state index contributed by atoms with van der Waals surface area (Å²) in [6.45, 7) is 10.1. The van der Waals surface area contributed by atoms with E-state index in [4.69, 9.17) is 4.74 Å². The first-order chi connectivity index (χ1) is 13.1. The van der Waals surface area contributed by atoms with E-state index >= 15 is 0 Å². The lowest BCUT2D eigenvalue weighted by molar-refractivity contribution is -0.138. The van der Waals surface area contributed by atoms with E-state index in [9.17, 15) is 4.79 Å². The van der Waals surface area contributed by atoms with Crippen LogP contribution in [0.15, 0.2) is 47.8 Å². The molecule has 2 aliphatic heterocycles. The van der Waals surface area contributed by atoms with Gasteiger partial charge in [0.05, 0.1) is 12.2 Å². The molecule has 0 N–H and O–H groups in total. The molecule has 1 aromatic rings. The predicted octanol–water partition coefficient (Wildman–Crippen LogP) is 2.64. The van der Waals surface area contributed by atoms with Crippen LogP contribution in [0, 0.1) is 0 Å². The normalized spacial score (nSPS) is 18.2. The van der Waals surface area contributed by atoms with Crippen molar-refractivity contribution >= 4 is 5.97 Å². The fraction of sp³-hybridized carbons (Fsp3) is 0.500. The highest BCUT2D eigenvalue weighted by molar-refractivity contribution is 5.92. The van der Waals surface area contributed by atoms with Gasteiger partial charge in [-0.05, 0) is 30.5 Å². The Kier molecular flexibility index (Phi) is 6.56. The van der Waals surface area contributed by atoms with E-state index in [1.165, 1.54) is 11.1 Å². The Labute approximate surface area is 162 Å². The van der Waals surface area contributed by atoms with Crippen molar-refractivity contribution in [3.63, 3.8) is 0 Å². The quantitative estimate of drug-likeness (QED) is 0.721. The molecule has 2 heterocycles. The van der Waals surface area contributed by atoms with Crippen LogP contribution in [0.2, 0.25) is 0 Å². The van der Waals surface area contributed by atoms with E-state index in [-0.39, 0.29) is 5.97 Å². The molecule has 3 rings (SSSR count). The van der Waals surface area contributed by atoms with Crippen molar-refractivity contribution in [1.82, 2.24) is 14.7 Å². The zero-order valence-corrected chi connectivity index (χ0v) is 16.8. The van der Waals surface area contributed by atoms with Crippen LogP contribution in [-0.4, -0.2) is 67.0 Å². The van der Waals surface area contributed by atoms with Crippen LogP contribution in [0.4, 0.5) is 0 Å². The number of benzene rings is 1. The number of carbonyl (C=O) groups is 1. The van der Waals surface area contributed by atoms with Crippen LogP contribution in [0.3, 0.4) is 0 Å². The molecule has 5 nitrogen and oxygen atoms in total. The molecule has 5 heteroatoms. The monoisotopic (exact) mass is 369 g/mol. The van der Waals surface area contributed by atoms with Crippen LogP contribution in [0.1, 0.15) is 25.0 Å². The Morgan fingerprint density at radius 3 is 2.44 bits per heavy atom. The number of carbonyl (C=O) groups excluding carboxylic acids is 1. The minimum absolute atomic E-state index is 0.227. The summed E-state index contributed by atoms with van der Waals surface area (Å²) in [5.74, 6) is 0.777. The van der Waals surface area contributed by atoms with Crippen LogP contribution in [0.5, 0.6) is 0 Å². The Morgan fingerprint density at radius 1 is 1.07 bits per heavy atom. The highest BCUT2D eigenvalue weighted by Crippen LogP contribution is 2.23. The van der Waals surface area contributed by atoms with Gasteiger partial charge < -0.3 is 14.5 Å². The highest BCUT2D eigenvalue weighted by Gasteiger charge is 2.27. The summed E-state index contributed by atoms with van der Waals surface area (Å²) in [6.07, 6.45) is 5.01. The first kappa shape index (κ1) is 19.5. The van der Waals surface area contributed by atoms with E-state index < -0.39 is 0 Å². The molecule has 0 spiro atoms. The summed E-state index contributed by atoms with van der Waals surface area (Å²) >= 11 is 0. The second-order valence-corrected chi connectivity index (χ2v) is 7.13. The van der Waals surface area contributed by atoms with Crippen molar-refractivity contribution in [3.8, 4) is 0 Å². The fourth-order valence-corrected chi connectivity index (χ4v) is 3.89. The molecule has 0 bridgehead atoms. The Bertz CT molecular complexity index is 718. The van der Waals surface area contributed by atoms with Crippen molar-refractivity contribution in [2.75, 3.05) is 46.4 Å². The van der Waals surface area contributed by atoms with Crippen LogP contribution in [-0.2, 0) is 22.5 Å². The lowest BCUT2D eigenvalue weighted by Crippen LogP contribution is -2.49. The molecule has 0 aromatic heterocycles. The molecule has 0 aliphatic carbocycles. The molecule has 0 atom stereocenters. The number of rotatable bonds is 6. The average molecular weight is 370 g/mol. The minimum Gasteiger partial charge on any atom is -0.462 e. The number of likely N-dealkylation sites (N-methyl/N-ethyl adjacent to an activating group) is 1. The highest BCUT2D eigenvalue weighted by atomic mass is 16.5. The Hall–Kier alpha value is -2.27. The van der Waals surface area contributed by atoms with Gasteiger partial charge in [0, 0.05) is 46.3 Å². The second kappa shape index (κ2) is 9.09. The van der Waals surface area contributed by atoms with Gasteiger partial charge in [0.15, 0.2) is 0 Å². The SMILES string of the molecule is CCOC(=O)C1=C(N2CCN(Cc3ccccc3CC)CC2)N(C)CC=C1. The van der Waals surface area contributed by atoms with Crippen molar-refractivity contribution in [2.24, 2.45) is 0 Å². The molecule has 1 saturated heterocycles. The molecular weight excluding hydrogens is 338 g/mol. The summed E-state index contributed by atoms with van der Waals surface area (Å²) in [6, 6.07) is 8.72. The van der Waals surface area contributed by atoms with Gasteiger partial charge in [-0.15, -0.1) is 0 Å². The maximum absolute atomic E-state index is 12.4. The van der Waals surface area contributed by atoms with E-state index in [0.717, 1.165) is 51.5 Å². The van der Waals surface area contributed by atoms with E-state index in [1.54, 1.807) is 0 Å². The number of hydrogen-bond acceptors (Lipinski definition) is 5. The molecular formula is C22H31N3O2. The molecule has 1 aromatic carbocycles. The number of aryl methyl sites for hydroxylation is 1. The van der Waals surface area contributed by atoms with Gasteiger partial charge >= 0.3 is 5.97 Å². The average Bonchev–Trinajstić information content (AvgIpc) is 2.69. The third kappa shape index (κ3) is 4.53. The first-order valence-corrected chi connectivity index (χ1v) is 9.97. The summed E-state index contributed by atoms with van der Waals surface area (Å²) < 4.78 is 5.26. The summed E-state index contributed by atoms with van der Waals surface area (Å²) in [4.78, 5) is 19.4. The fourth-order valence-electron chi connectivity index (χ4n) is 3.89. The Morgan fingerprint density at radius 2 is 1.78 bits per heavy atom. The van der Waals surface area contributed by atoms with Crippen molar-refractivity contribution in [3.05, 3.63) is 58.9 Å². The summed E-state index contributed by atoms with van der Waals surface area (Å²) in [7, 11) is 2.04. The molecule has 0 unspecified atom stereocenters. The molecule has 27 heavy (non-hydrogen) atoms. The van der Waals surface area contributed by atoms with Gasteiger partial charge in [-0.25, -0.2) is 4.79 Å². The summed E-state index contributed by atoms with van der Waals surface area (Å²) in [5, 5.41) is 0. The standard InChI is InChI=1S/C22H31N3O2/c1-4-18-9-6-7-10-19(18)17-24-13-15-25(16-14-24)21-20(22(26)27-5-2)11-8-12-23(21)3/h6-11H,4-5,12-17H2,1-3H3. The largest absolute Gasteiger partial charge is 0.462 e. The van der Waals surface area contributed by atoms with Gasteiger partial charge in [0.1, 0.15) is 5.82 Å². The Balaban J connectivity index is 1.68. The van der Waals surface area contributed by atoms with Gasteiger partial charge in [-0.3, -0.25) is 4.90 Å². The van der Waals surface area contributed by atoms with Gasteiger partial charge in [-0.2, -0.15) is 0 Å². The van der Waals surface area contributed by atoms with Gasteiger partial charge in [-0.1, -0.05) is 37.3 Å². The third-order valence-electron chi connectivity index (χ3n) is 5.33. The molecule has 2 aliphatic rings. The van der Waals surface area contributed by atoms with Crippen LogP contribution >= 0.6 is 0 Å². The van der Waals surface area contributed by atoms with Gasteiger partial charge in [0.2, 0.25) is 0 Å². The molecule has 0 saturated carbocycles. The molecule has 146 valence electrons. The van der Waals surface area contributed by atoms with Gasteiger partial charge in [0.25, 0.3) is 0 Å². The van der Waals surface area contributed by atoms with Crippen molar-refractivity contribution in [2.45, 2.75) is 26.8 Å². The van der Waals surface area contributed by atoms with E-state index in [1.807, 2.05) is 26.1 Å². The number of ether oxygens (including phenoxy) is 1. The van der Waals surface area contributed by atoms with Crippen molar-refractivity contribution in [1.29, 1.82) is 0 Å². The topological polar surface area (TPSA) is 36.0 Å². The minimum atomic E-state index is -0.227. The third-order valence-corrected chi connectivity index (χ3v) is 5.33. The number of piperazine rings is 1. The number of esters is 1. The van der Waals surface area contributed by atoms with E-state index in [0.29, 0.717) is 12.2 Å². The molecule has 0 radical (unpaired) electrons. The zero-order valence-electron chi connectivity index (χ0n) is 16.8. The number of nitrogens with zero attached hydrogens (tertiary/aromatic N) is 3. The maximum Gasteiger partial charge on any atom is 0.341 e. The predicted molar refractivity (Wildman–Crippen MR) is 108 cm³/mol. The summed E-state index contributed by atoms with van der Waals surface area (Å²) in [5.41, 5.74) is 3.54. The molecule has 0 amide bonds. The zero-order chi connectivity index (χ0) is 19.2. The second-order valence-electron chi connectivity index (χ2n) is 7.13. The van der Waals surface area contributed by atoms with E-state index in [2.05, 4.69) is 45.9 Å². The first-order valence-electron chi connectivity index (χ1n) is 9.97. The lowest BCUT2D eigenvalue weighted by Gasteiger charge is -2.41. The van der Waals surface area contributed by atoms with Crippen LogP contribution in [0.25, 0.3) is 0 Å². The lowest BCUT2D eigenvalue weighted by atomic mass is 10.0. The van der Waals surface area contributed by atoms with Crippen LogP contribution < -0.4 is 0 Å². The van der Waals surface area contributed by atoms with Crippen molar-refractivity contribution < 1.29 is 9.53 Å².